The Morgan fingerprint density at radius 1 is 1.20 bits per heavy atom. The van der Waals surface area contributed by atoms with Crippen molar-refractivity contribution in [2.45, 2.75) is 11.8 Å². The minimum atomic E-state index is -0.566. The van der Waals surface area contributed by atoms with Crippen molar-refractivity contribution in [3.63, 3.8) is 0 Å². The van der Waals surface area contributed by atoms with Crippen LogP contribution in [0.2, 0.25) is 0 Å². The van der Waals surface area contributed by atoms with Crippen LogP contribution in [0, 0.1) is 0 Å². The summed E-state index contributed by atoms with van der Waals surface area (Å²) in [5.74, 6) is 1.49. The molecule has 2 aromatic carbocycles. The largest absolute Gasteiger partial charge is 0.497 e. The number of cyclic esters (lactones) is 1. The molecule has 6 heteroatoms. The minimum Gasteiger partial charge on any atom is -0.497 e. The Balaban J connectivity index is 1.58. The van der Waals surface area contributed by atoms with Gasteiger partial charge in [-0.15, -0.1) is 11.8 Å². The second-order valence-electron chi connectivity index (χ2n) is 5.61. The Morgan fingerprint density at radius 3 is 2.60 bits per heavy atom. The molecule has 0 aromatic heterocycles. The van der Waals surface area contributed by atoms with Gasteiger partial charge in [-0.1, -0.05) is 42.5 Å². The maximum atomic E-state index is 12.5. The number of imide groups is 1. The molecule has 3 rings (SSSR count). The highest BCUT2D eigenvalue weighted by Gasteiger charge is 2.38. The molecule has 1 aliphatic rings. The molecule has 0 bridgehead atoms. The minimum absolute atomic E-state index is 0.206. The normalized spacial score (nSPS) is 16.6. The number of hydrogen-bond acceptors (Lipinski definition) is 5. The highest BCUT2D eigenvalue weighted by atomic mass is 32.2. The molecular formula is C19H19NO4S. The zero-order chi connectivity index (χ0) is 17.6. The third-order valence-corrected chi connectivity index (χ3v) is 4.97. The van der Waals surface area contributed by atoms with Crippen LogP contribution >= 0.6 is 11.8 Å². The van der Waals surface area contributed by atoms with E-state index in [1.54, 1.807) is 7.11 Å². The van der Waals surface area contributed by atoms with Crippen LogP contribution in [0.1, 0.15) is 17.2 Å². The highest BCUT2D eigenvalue weighted by Crippen LogP contribution is 2.28. The van der Waals surface area contributed by atoms with Gasteiger partial charge in [-0.05, 0) is 23.3 Å². The van der Waals surface area contributed by atoms with Gasteiger partial charge >= 0.3 is 6.09 Å². The van der Waals surface area contributed by atoms with E-state index in [9.17, 15) is 9.59 Å². The van der Waals surface area contributed by atoms with E-state index in [1.165, 1.54) is 16.7 Å². The Hall–Kier alpha value is -2.47. The molecule has 0 N–H and O–H groups in total. The van der Waals surface area contributed by atoms with E-state index >= 15 is 0 Å². The number of benzene rings is 2. The van der Waals surface area contributed by atoms with E-state index in [-0.39, 0.29) is 24.3 Å². The van der Waals surface area contributed by atoms with Crippen molar-refractivity contribution in [3.05, 3.63) is 65.7 Å². The van der Waals surface area contributed by atoms with E-state index in [2.05, 4.69) is 0 Å². The molecule has 1 fully saturated rings. The van der Waals surface area contributed by atoms with Crippen LogP contribution in [0.3, 0.4) is 0 Å². The quantitative estimate of drug-likeness (QED) is 0.790. The first-order valence-corrected chi connectivity index (χ1v) is 9.09. The third-order valence-electron chi connectivity index (χ3n) is 3.98. The van der Waals surface area contributed by atoms with Crippen LogP contribution in [0.5, 0.6) is 5.75 Å². The molecule has 1 atom stereocenters. The number of amides is 2. The standard InChI is InChI=1S/C19H19NO4S/c1-23-16-9-7-14(8-10-16)12-25-13-18(21)20-17(11-24-19(20)22)15-5-3-2-4-6-15/h2-10,17H,11-13H2,1H3. The topological polar surface area (TPSA) is 55.8 Å². The Kier molecular flexibility index (Phi) is 5.60. The summed E-state index contributed by atoms with van der Waals surface area (Å²) in [6.45, 7) is 0.206. The molecule has 5 nitrogen and oxygen atoms in total. The second-order valence-corrected chi connectivity index (χ2v) is 6.59. The van der Waals surface area contributed by atoms with E-state index in [1.807, 2.05) is 54.6 Å². The first-order chi connectivity index (χ1) is 12.2. The third kappa shape index (κ3) is 4.14. The highest BCUT2D eigenvalue weighted by molar-refractivity contribution is 7.99. The Labute approximate surface area is 150 Å². The van der Waals surface area contributed by atoms with Gasteiger partial charge in [-0.25, -0.2) is 9.69 Å². The zero-order valence-corrected chi connectivity index (χ0v) is 14.7. The van der Waals surface area contributed by atoms with E-state index < -0.39 is 6.09 Å². The van der Waals surface area contributed by atoms with Crippen LogP contribution in [-0.4, -0.2) is 36.4 Å². The maximum absolute atomic E-state index is 12.5. The molecule has 0 spiro atoms. The lowest BCUT2D eigenvalue weighted by molar-refractivity contribution is -0.126. The molecule has 1 heterocycles. The van der Waals surface area contributed by atoms with Crippen LogP contribution in [0.25, 0.3) is 0 Å². The van der Waals surface area contributed by atoms with Crippen molar-refractivity contribution in [1.29, 1.82) is 0 Å². The van der Waals surface area contributed by atoms with Gasteiger partial charge in [0.25, 0.3) is 0 Å². The van der Waals surface area contributed by atoms with Gasteiger partial charge in [-0.3, -0.25) is 4.79 Å². The fraction of sp³-hybridized carbons (Fsp3) is 0.263. The molecule has 25 heavy (non-hydrogen) atoms. The fourth-order valence-corrected chi connectivity index (χ4v) is 3.51. The predicted molar refractivity (Wildman–Crippen MR) is 96.5 cm³/mol. The second kappa shape index (κ2) is 8.07. The smallest absolute Gasteiger partial charge is 0.417 e. The summed E-state index contributed by atoms with van der Waals surface area (Å²) in [5, 5.41) is 0. The summed E-state index contributed by atoms with van der Waals surface area (Å²) in [6.07, 6.45) is -0.566. The Morgan fingerprint density at radius 2 is 1.92 bits per heavy atom. The molecular weight excluding hydrogens is 338 g/mol. The molecule has 2 amide bonds. The summed E-state index contributed by atoms with van der Waals surface area (Å²) < 4.78 is 10.2. The number of hydrogen-bond donors (Lipinski definition) is 0. The lowest BCUT2D eigenvalue weighted by atomic mass is 10.1. The van der Waals surface area contributed by atoms with Gasteiger partial charge in [0.2, 0.25) is 5.91 Å². The van der Waals surface area contributed by atoms with Gasteiger partial charge < -0.3 is 9.47 Å². The van der Waals surface area contributed by atoms with Crippen molar-refractivity contribution < 1.29 is 19.1 Å². The summed E-state index contributed by atoms with van der Waals surface area (Å²) in [6, 6.07) is 16.8. The lowest BCUT2D eigenvalue weighted by Gasteiger charge is -2.19. The maximum Gasteiger partial charge on any atom is 0.417 e. The van der Waals surface area contributed by atoms with Crippen molar-refractivity contribution >= 4 is 23.8 Å². The fourth-order valence-electron chi connectivity index (χ4n) is 2.67. The molecule has 1 unspecified atom stereocenters. The van der Waals surface area contributed by atoms with E-state index in [4.69, 9.17) is 9.47 Å². The van der Waals surface area contributed by atoms with E-state index in [0.29, 0.717) is 5.75 Å². The number of thioether (sulfide) groups is 1. The summed E-state index contributed by atoms with van der Waals surface area (Å²) in [4.78, 5) is 25.7. The van der Waals surface area contributed by atoms with Crippen molar-refractivity contribution in [1.82, 2.24) is 4.90 Å². The summed E-state index contributed by atoms with van der Waals surface area (Å²) >= 11 is 1.47. The Bertz CT molecular complexity index is 733. The number of ether oxygens (including phenoxy) is 2. The number of rotatable bonds is 6. The number of carbonyl (C=O) groups is 2. The molecule has 1 saturated heterocycles. The van der Waals surface area contributed by atoms with Gasteiger partial charge in [0.05, 0.1) is 12.9 Å². The molecule has 0 saturated carbocycles. The SMILES string of the molecule is COc1ccc(CSCC(=O)N2C(=O)OCC2c2ccccc2)cc1. The molecule has 1 aliphatic heterocycles. The van der Waals surface area contributed by atoms with E-state index in [0.717, 1.165) is 16.9 Å². The van der Waals surface area contributed by atoms with Crippen LogP contribution in [-0.2, 0) is 15.3 Å². The average Bonchev–Trinajstić information content (AvgIpc) is 3.04. The van der Waals surface area contributed by atoms with Crippen molar-refractivity contribution in [2.24, 2.45) is 0 Å². The van der Waals surface area contributed by atoms with Gasteiger partial charge in [0, 0.05) is 5.75 Å². The first-order valence-electron chi connectivity index (χ1n) is 7.93. The van der Waals surface area contributed by atoms with Crippen LogP contribution in [0.15, 0.2) is 54.6 Å². The monoisotopic (exact) mass is 357 g/mol. The van der Waals surface area contributed by atoms with Crippen LogP contribution < -0.4 is 4.74 Å². The van der Waals surface area contributed by atoms with Gasteiger partial charge in [0.15, 0.2) is 0 Å². The lowest BCUT2D eigenvalue weighted by Crippen LogP contribution is -2.35. The molecule has 0 radical (unpaired) electrons. The summed E-state index contributed by atoms with van der Waals surface area (Å²) in [5.41, 5.74) is 2.00. The molecule has 130 valence electrons. The number of nitrogens with zero attached hydrogens (tertiary/aromatic N) is 1. The van der Waals surface area contributed by atoms with Gasteiger partial charge in [-0.2, -0.15) is 0 Å². The molecule has 2 aromatic rings. The van der Waals surface area contributed by atoms with Gasteiger partial charge in [0.1, 0.15) is 18.4 Å². The first kappa shape index (κ1) is 17.4. The predicted octanol–water partition coefficient (Wildman–Crippen LogP) is 3.65. The summed E-state index contributed by atoms with van der Waals surface area (Å²) in [7, 11) is 1.63. The van der Waals surface area contributed by atoms with Crippen molar-refractivity contribution in [2.75, 3.05) is 19.5 Å². The van der Waals surface area contributed by atoms with Crippen molar-refractivity contribution in [3.8, 4) is 5.75 Å². The zero-order valence-electron chi connectivity index (χ0n) is 13.9. The number of carbonyl (C=O) groups excluding carboxylic acids is 2. The molecule has 0 aliphatic carbocycles. The van der Waals surface area contributed by atoms with Crippen LogP contribution in [0.4, 0.5) is 4.79 Å². The number of methoxy groups -OCH3 is 1. The average molecular weight is 357 g/mol.